The summed E-state index contributed by atoms with van der Waals surface area (Å²) in [5, 5.41) is 17.4. The molecule has 0 unspecified atom stereocenters. The summed E-state index contributed by atoms with van der Waals surface area (Å²) in [7, 11) is 0. The quantitative estimate of drug-likeness (QED) is 0.646. The third kappa shape index (κ3) is 4.29. The van der Waals surface area contributed by atoms with Crippen molar-refractivity contribution in [3.63, 3.8) is 0 Å². The largest absolute Gasteiger partial charge is 0.492 e. The lowest BCUT2D eigenvalue weighted by atomic mass is 10.1. The fraction of sp³-hybridized carbons (Fsp3) is 0.647. The lowest BCUT2D eigenvalue weighted by molar-refractivity contribution is 0.442. The third-order valence-electron chi connectivity index (χ3n) is 5.01. The Morgan fingerprint density at radius 2 is 1.21 bits per heavy atom. The second-order valence-corrected chi connectivity index (χ2v) is 7.15. The Morgan fingerprint density at radius 1 is 0.679 bits per heavy atom. The molecule has 0 bridgehead atoms. The van der Waals surface area contributed by atoms with Crippen LogP contribution in [-0.4, -0.2) is 61.4 Å². The minimum absolute atomic E-state index is 0.141. The molecule has 4 heterocycles. The minimum Gasteiger partial charge on any atom is -0.492 e. The molecule has 11 nitrogen and oxygen atoms in total. The Balaban J connectivity index is 1.56. The first-order valence-corrected chi connectivity index (χ1v) is 9.87. The SMILES string of the molecule is Cc1nnc(NNc2nc(N3CCCCC3)nc(N3CCCCC3)n2)nc1O. The van der Waals surface area contributed by atoms with Gasteiger partial charge >= 0.3 is 0 Å². The van der Waals surface area contributed by atoms with Gasteiger partial charge in [-0.15, -0.1) is 10.2 Å². The summed E-state index contributed by atoms with van der Waals surface area (Å²) in [4.78, 5) is 22.2. The van der Waals surface area contributed by atoms with Crippen molar-refractivity contribution >= 4 is 23.8 Å². The molecule has 2 aliphatic heterocycles. The van der Waals surface area contributed by atoms with Crippen LogP contribution in [0.5, 0.6) is 5.88 Å². The van der Waals surface area contributed by atoms with Crippen molar-refractivity contribution in [2.75, 3.05) is 46.8 Å². The number of aromatic hydroxyl groups is 1. The zero-order valence-electron chi connectivity index (χ0n) is 16.1. The Hall–Kier alpha value is -2.98. The van der Waals surface area contributed by atoms with E-state index in [1.807, 2.05) is 0 Å². The van der Waals surface area contributed by atoms with Gasteiger partial charge in [0.05, 0.1) is 0 Å². The Kier molecular flexibility index (Phi) is 5.49. The van der Waals surface area contributed by atoms with Gasteiger partial charge in [0.25, 0.3) is 5.95 Å². The molecule has 0 saturated carbocycles. The van der Waals surface area contributed by atoms with Crippen LogP contribution in [0.3, 0.4) is 0 Å². The van der Waals surface area contributed by atoms with Crippen LogP contribution >= 0.6 is 0 Å². The summed E-state index contributed by atoms with van der Waals surface area (Å²) in [6, 6.07) is 0. The van der Waals surface area contributed by atoms with Crippen LogP contribution in [0.2, 0.25) is 0 Å². The molecule has 2 aliphatic rings. The zero-order chi connectivity index (χ0) is 19.3. The molecule has 28 heavy (non-hydrogen) atoms. The maximum atomic E-state index is 9.69. The lowest BCUT2D eigenvalue weighted by Crippen LogP contribution is -2.34. The highest BCUT2D eigenvalue weighted by molar-refractivity contribution is 5.47. The van der Waals surface area contributed by atoms with Crippen molar-refractivity contribution in [1.29, 1.82) is 0 Å². The second-order valence-electron chi connectivity index (χ2n) is 7.15. The van der Waals surface area contributed by atoms with Gasteiger partial charge in [-0.05, 0) is 45.4 Å². The molecule has 0 spiro atoms. The summed E-state index contributed by atoms with van der Waals surface area (Å²) in [5.41, 5.74) is 6.10. The Labute approximate surface area is 163 Å². The van der Waals surface area contributed by atoms with Gasteiger partial charge in [-0.3, -0.25) is 10.9 Å². The highest BCUT2D eigenvalue weighted by Gasteiger charge is 2.20. The van der Waals surface area contributed by atoms with Crippen LogP contribution in [0.4, 0.5) is 23.8 Å². The van der Waals surface area contributed by atoms with Gasteiger partial charge in [0.15, 0.2) is 0 Å². The number of nitrogens with one attached hydrogen (secondary N) is 2. The molecule has 0 amide bonds. The zero-order valence-corrected chi connectivity index (χ0v) is 16.1. The van der Waals surface area contributed by atoms with Crippen LogP contribution in [0.1, 0.15) is 44.2 Å². The summed E-state index contributed by atoms with van der Waals surface area (Å²) >= 11 is 0. The van der Waals surface area contributed by atoms with E-state index in [2.05, 4.69) is 45.8 Å². The van der Waals surface area contributed by atoms with Gasteiger partial charge in [0, 0.05) is 26.2 Å². The van der Waals surface area contributed by atoms with E-state index in [0.29, 0.717) is 23.5 Å². The van der Waals surface area contributed by atoms with Gasteiger partial charge in [-0.1, -0.05) is 0 Å². The second kappa shape index (κ2) is 8.36. The average Bonchev–Trinajstić information content (AvgIpc) is 2.75. The van der Waals surface area contributed by atoms with E-state index >= 15 is 0 Å². The fourth-order valence-corrected chi connectivity index (χ4v) is 3.42. The number of nitrogens with zero attached hydrogens (tertiary/aromatic N) is 8. The van der Waals surface area contributed by atoms with Crippen LogP contribution in [0, 0.1) is 6.92 Å². The summed E-state index contributed by atoms with van der Waals surface area (Å²) < 4.78 is 0. The van der Waals surface area contributed by atoms with Gasteiger partial charge in [-0.2, -0.15) is 19.9 Å². The molecule has 2 fully saturated rings. The van der Waals surface area contributed by atoms with Crippen molar-refractivity contribution in [3.05, 3.63) is 5.69 Å². The molecule has 3 N–H and O–H groups in total. The van der Waals surface area contributed by atoms with Crippen molar-refractivity contribution in [2.45, 2.75) is 45.4 Å². The minimum atomic E-state index is -0.169. The fourth-order valence-electron chi connectivity index (χ4n) is 3.42. The predicted octanol–water partition coefficient (Wildman–Crippen LogP) is 1.49. The van der Waals surface area contributed by atoms with Crippen molar-refractivity contribution in [3.8, 4) is 5.88 Å². The van der Waals surface area contributed by atoms with Crippen LogP contribution in [0.25, 0.3) is 0 Å². The first-order valence-electron chi connectivity index (χ1n) is 9.87. The first-order chi connectivity index (χ1) is 13.7. The molecule has 0 aromatic carbocycles. The molecule has 2 aromatic heterocycles. The molecule has 150 valence electrons. The highest BCUT2D eigenvalue weighted by atomic mass is 16.3. The van der Waals surface area contributed by atoms with Crippen LogP contribution in [0.15, 0.2) is 0 Å². The molecule has 0 radical (unpaired) electrons. The number of hydrogen-bond acceptors (Lipinski definition) is 11. The molecular formula is C17H26N10O. The van der Waals surface area contributed by atoms with E-state index in [9.17, 15) is 5.11 Å². The first kappa shape index (κ1) is 18.4. The van der Waals surface area contributed by atoms with Crippen molar-refractivity contribution in [2.24, 2.45) is 0 Å². The van der Waals surface area contributed by atoms with E-state index in [1.54, 1.807) is 6.92 Å². The van der Waals surface area contributed by atoms with E-state index in [-0.39, 0.29) is 11.8 Å². The van der Waals surface area contributed by atoms with Crippen molar-refractivity contribution < 1.29 is 5.11 Å². The standard InChI is InChI=1S/C17H26N10O/c1-12-13(28)18-15(24-22-12)25-23-14-19-16(26-8-4-2-5-9-26)21-17(20-14)27-10-6-3-7-11-27/h2-11H2,1H3,(H2,18,24,25,28)(H,19,20,21,23). The molecule has 0 atom stereocenters. The topological polar surface area (TPSA) is 128 Å². The van der Waals surface area contributed by atoms with Crippen LogP contribution < -0.4 is 20.7 Å². The Bertz CT molecular complexity index is 768. The molecular weight excluding hydrogens is 360 g/mol. The summed E-state index contributed by atoms with van der Waals surface area (Å²) in [5.74, 6) is 1.73. The summed E-state index contributed by atoms with van der Waals surface area (Å²) in [6.45, 7) is 5.45. The highest BCUT2D eigenvalue weighted by Crippen LogP contribution is 2.22. The van der Waals surface area contributed by atoms with Gasteiger partial charge in [-0.25, -0.2) is 0 Å². The lowest BCUT2D eigenvalue weighted by Gasteiger charge is -2.30. The summed E-state index contributed by atoms with van der Waals surface area (Å²) in [6.07, 6.45) is 7.08. The molecule has 2 aromatic rings. The molecule has 11 heteroatoms. The van der Waals surface area contributed by atoms with Crippen molar-refractivity contribution in [1.82, 2.24) is 30.1 Å². The number of hydrogen-bond donors (Lipinski definition) is 3. The van der Waals surface area contributed by atoms with E-state index in [0.717, 1.165) is 51.9 Å². The van der Waals surface area contributed by atoms with E-state index in [4.69, 9.17) is 4.98 Å². The third-order valence-corrected chi connectivity index (χ3v) is 5.01. The smallest absolute Gasteiger partial charge is 0.264 e. The van der Waals surface area contributed by atoms with Crippen LogP contribution in [-0.2, 0) is 0 Å². The monoisotopic (exact) mass is 386 g/mol. The van der Waals surface area contributed by atoms with Gasteiger partial charge in [0.2, 0.25) is 23.7 Å². The normalized spacial score (nSPS) is 17.5. The number of aromatic nitrogens is 6. The number of hydrazine groups is 1. The molecule has 4 rings (SSSR count). The molecule has 0 aliphatic carbocycles. The van der Waals surface area contributed by atoms with Gasteiger partial charge in [0.1, 0.15) is 5.69 Å². The molecule has 2 saturated heterocycles. The Morgan fingerprint density at radius 3 is 1.75 bits per heavy atom. The maximum Gasteiger partial charge on any atom is 0.264 e. The number of rotatable bonds is 5. The average molecular weight is 386 g/mol. The number of piperidine rings is 2. The number of anilines is 4. The van der Waals surface area contributed by atoms with E-state index in [1.165, 1.54) is 12.8 Å². The predicted molar refractivity (Wildman–Crippen MR) is 105 cm³/mol. The maximum absolute atomic E-state index is 9.69. The van der Waals surface area contributed by atoms with E-state index < -0.39 is 0 Å². The van der Waals surface area contributed by atoms with Gasteiger partial charge < -0.3 is 14.9 Å². The number of aryl methyl sites for hydroxylation is 1.